The Balaban J connectivity index is 2.20. The number of carbonyl (C=O) groups excluding carboxylic acids is 1. The third-order valence-electron chi connectivity index (χ3n) is 5.16. The van der Waals surface area contributed by atoms with Gasteiger partial charge in [0, 0.05) is 15.4 Å². The van der Waals surface area contributed by atoms with Crippen molar-refractivity contribution in [3.05, 3.63) is 0 Å². The van der Waals surface area contributed by atoms with Crippen molar-refractivity contribution < 1.29 is 9.32 Å². The molecule has 2 aliphatic carbocycles. The molecule has 0 aromatic carbocycles. The average Bonchev–Trinajstić information content (AvgIpc) is 2.64. The van der Waals surface area contributed by atoms with E-state index in [2.05, 4.69) is 23.3 Å². The average molecular weight is 242 g/mol. The molecule has 0 aromatic rings. The molecule has 2 saturated carbocycles. The van der Waals surface area contributed by atoms with Gasteiger partial charge in [0.05, 0.1) is 6.10 Å². The van der Waals surface area contributed by atoms with Crippen LogP contribution in [0.2, 0.25) is 0 Å². The lowest BCUT2D eigenvalue weighted by Gasteiger charge is -2.45. The van der Waals surface area contributed by atoms with Crippen molar-refractivity contribution >= 4 is 15.8 Å². The fraction of sp³-hybridized carbons (Fsp3) is 0.923. The summed E-state index contributed by atoms with van der Waals surface area (Å²) < 4.78 is 5.56. The minimum absolute atomic E-state index is 0.207. The summed E-state index contributed by atoms with van der Waals surface area (Å²) in [6, 6.07) is 0. The largest absolute Gasteiger partial charge is 0.362 e. The molecule has 0 radical (unpaired) electrons. The lowest BCUT2D eigenvalue weighted by atomic mass is 9.62. The van der Waals surface area contributed by atoms with Crippen molar-refractivity contribution in [2.75, 3.05) is 0 Å². The Hall–Kier alpha value is 0.0600. The molecule has 3 heteroatoms. The monoisotopic (exact) mass is 242 g/mol. The smallest absolute Gasteiger partial charge is 0.123 e. The van der Waals surface area contributed by atoms with Crippen molar-refractivity contribution in [2.24, 2.45) is 23.2 Å². The van der Waals surface area contributed by atoms with Crippen molar-refractivity contribution in [3.63, 3.8) is 0 Å². The van der Waals surface area contributed by atoms with Crippen LogP contribution in [-0.4, -0.2) is 12.4 Å². The van der Waals surface area contributed by atoms with Crippen LogP contribution < -0.4 is 0 Å². The summed E-state index contributed by atoms with van der Waals surface area (Å²) in [5.74, 6) is 1.43. The molecule has 16 heavy (non-hydrogen) atoms. The molecule has 92 valence electrons. The van der Waals surface area contributed by atoms with Gasteiger partial charge in [-0.25, -0.2) is 0 Å². The predicted molar refractivity (Wildman–Crippen MR) is 68.0 cm³/mol. The number of fused-ring (bicyclic) bond motifs is 1. The van der Waals surface area contributed by atoms with Crippen LogP contribution in [0.4, 0.5) is 0 Å². The summed E-state index contributed by atoms with van der Waals surface area (Å²) in [7, 11) is 2.43. The van der Waals surface area contributed by atoms with E-state index in [1.165, 1.54) is 32.1 Å². The van der Waals surface area contributed by atoms with Crippen molar-refractivity contribution in [1.29, 1.82) is 0 Å². The Kier molecular flexibility index (Phi) is 3.71. The highest BCUT2D eigenvalue weighted by Crippen LogP contribution is 2.58. The third-order valence-corrected chi connectivity index (χ3v) is 5.51. The molecule has 2 nitrogen and oxygen atoms in total. The minimum atomic E-state index is 0.207. The van der Waals surface area contributed by atoms with Crippen LogP contribution >= 0.6 is 9.47 Å². The molecule has 0 amide bonds. The lowest BCUT2D eigenvalue weighted by molar-refractivity contribution is -0.114. The number of hydrogen-bond acceptors (Lipinski definition) is 2. The fourth-order valence-corrected chi connectivity index (χ4v) is 4.61. The topological polar surface area (TPSA) is 26.3 Å². The van der Waals surface area contributed by atoms with Crippen molar-refractivity contribution in [2.45, 2.75) is 52.1 Å². The molecule has 0 saturated heterocycles. The van der Waals surface area contributed by atoms with Gasteiger partial charge in [-0.2, -0.15) is 0 Å². The van der Waals surface area contributed by atoms with Crippen LogP contribution in [0.25, 0.3) is 0 Å². The normalized spacial score (nSPS) is 45.1. The van der Waals surface area contributed by atoms with Gasteiger partial charge in [0.1, 0.15) is 6.29 Å². The molecule has 0 aromatic heterocycles. The van der Waals surface area contributed by atoms with Crippen molar-refractivity contribution in [3.8, 4) is 0 Å². The van der Waals surface area contributed by atoms with E-state index in [9.17, 15) is 4.79 Å². The van der Waals surface area contributed by atoms with Gasteiger partial charge in [-0.3, -0.25) is 0 Å². The first-order valence-electron chi connectivity index (χ1n) is 6.44. The minimum Gasteiger partial charge on any atom is -0.362 e. The highest BCUT2D eigenvalue weighted by Gasteiger charge is 2.52. The van der Waals surface area contributed by atoms with E-state index < -0.39 is 0 Å². The van der Waals surface area contributed by atoms with Gasteiger partial charge in [-0.15, -0.1) is 0 Å². The predicted octanol–water partition coefficient (Wildman–Crippen LogP) is 3.21. The van der Waals surface area contributed by atoms with Gasteiger partial charge in [-0.05, 0) is 42.9 Å². The number of carbonyl (C=O) groups is 1. The van der Waals surface area contributed by atoms with E-state index >= 15 is 0 Å². The van der Waals surface area contributed by atoms with E-state index in [1.54, 1.807) is 0 Å². The zero-order chi connectivity index (χ0) is 11.8. The van der Waals surface area contributed by atoms with Crippen LogP contribution in [-0.2, 0) is 9.32 Å². The SMILES string of the molecule is C[C@H](C=O)C1CC[C@H]2[C@@H](OP)CCC[C@]12C. The summed E-state index contributed by atoms with van der Waals surface area (Å²) in [5.41, 5.74) is 0.333. The van der Waals surface area contributed by atoms with Crippen LogP contribution in [0.5, 0.6) is 0 Å². The number of aldehydes is 1. The summed E-state index contributed by atoms with van der Waals surface area (Å²) >= 11 is 0. The number of hydrogen-bond donors (Lipinski definition) is 0. The Morgan fingerprint density at radius 3 is 2.81 bits per heavy atom. The second kappa shape index (κ2) is 4.74. The molecule has 2 aliphatic rings. The van der Waals surface area contributed by atoms with Crippen LogP contribution in [0.15, 0.2) is 0 Å². The van der Waals surface area contributed by atoms with Crippen LogP contribution in [0.3, 0.4) is 0 Å². The maximum absolute atomic E-state index is 11.0. The van der Waals surface area contributed by atoms with Crippen LogP contribution in [0.1, 0.15) is 46.0 Å². The molecule has 2 unspecified atom stereocenters. The number of rotatable bonds is 3. The third kappa shape index (κ3) is 1.84. The summed E-state index contributed by atoms with van der Waals surface area (Å²) in [4.78, 5) is 11.0. The Labute approximate surface area is 101 Å². The van der Waals surface area contributed by atoms with Gasteiger partial charge in [0.15, 0.2) is 0 Å². The van der Waals surface area contributed by atoms with Crippen molar-refractivity contribution in [1.82, 2.24) is 0 Å². The molecule has 2 fully saturated rings. The molecule has 0 aliphatic heterocycles. The quantitative estimate of drug-likeness (QED) is 0.561. The lowest BCUT2D eigenvalue weighted by Crippen LogP contribution is -2.41. The summed E-state index contributed by atoms with van der Waals surface area (Å²) in [6.07, 6.45) is 7.67. The molecular weight excluding hydrogens is 219 g/mol. The molecule has 0 bridgehead atoms. The molecular formula is C13H23O2P. The Morgan fingerprint density at radius 2 is 2.19 bits per heavy atom. The molecule has 0 heterocycles. The van der Waals surface area contributed by atoms with Gasteiger partial charge in [-0.1, -0.05) is 20.3 Å². The van der Waals surface area contributed by atoms with E-state index in [1.807, 2.05) is 0 Å². The van der Waals surface area contributed by atoms with Gasteiger partial charge in [0.25, 0.3) is 0 Å². The van der Waals surface area contributed by atoms with E-state index in [0.29, 0.717) is 23.4 Å². The zero-order valence-corrected chi connectivity index (χ0v) is 11.5. The Bertz CT molecular complexity index is 269. The molecule has 0 spiro atoms. The first-order chi connectivity index (χ1) is 7.63. The molecule has 2 rings (SSSR count). The van der Waals surface area contributed by atoms with Crippen LogP contribution in [0, 0.1) is 23.2 Å². The highest BCUT2D eigenvalue weighted by molar-refractivity contribution is 7.09. The van der Waals surface area contributed by atoms with Gasteiger partial charge in [0.2, 0.25) is 0 Å². The standard InChI is InChI=1S/C13H23O2P/c1-9(8-14)10-5-6-11-12(15-16)4-3-7-13(10,11)2/h8-12H,3-7,16H2,1-2H3/t9-,10?,11+,12+,13-/m1/s1. The summed E-state index contributed by atoms with van der Waals surface area (Å²) in [5, 5.41) is 0. The highest BCUT2D eigenvalue weighted by atomic mass is 31.0. The van der Waals surface area contributed by atoms with E-state index in [4.69, 9.17) is 4.52 Å². The summed E-state index contributed by atoms with van der Waals surface area (Å²) in [6.45, 7) is 4.46. The van der Waals surface area contributed by atoms with Gasteiger partial charge >= 0.3 is 0 Å². The second-order valence-corrected chi connectivity index (χ2v) is 6.13. The zero-order valence-electron chi connectivity index (χ0n) is 10.3. The fourth-order valence-electron chi connectivity index (χ4n) is 4.28. The second-order valence-electron chi connectivity index (χ2n) is 5.86. The maximum Gasteiger partial charge on any atom is 0.123 e. The first-order valence-corrected chi connectivity index (χ1v) is 6.91. The van der Waals surface area contributed by atoms with E-state index in [-0.39, 0.29) is 5.92 Å². The first kappa shape index (κ1) is 12.5. The Morgan fingerprint density at radius 1 is 1.44 bits per heavy atom. The molecule has 0 N–H and O–H groups in total. The maximum atomic E-state index is 11.0. The van der Waals surface area contributed by atoms with Gasteiger partial charge < -0.3 is 9.32 Å². The van der Waals surface area contributed by atoms with E-state index in [0.717, 1.165) is 6.29 Å². The molecule has 6 atom stereocenters.